The lowest BCUT2D eigenvalue weighted by Gasteiger charge is -2.02. The molecule has 1 N–H and O–H groups in total. The first kappa shape index (κ1) is 14.6. The molecule has 0 unspecified atom stereocenters. The van der Waals surface area contributed by atoms with E-state index in [1.54, 1.807) is 19.9 Å². The van der Waals surface area contributed by atoms with Gasteiger partial charge in [-0.25, -0.2) is 0 Å². The summed E-state index contributed by atoms with van der Waals surface area (Å²) in [6, 6.07) is 1.64. The quantitative estimate of drug-likeness (QED) is 0.600. The summed E-state index contributed by atoms with van der Waals surface area (Å²) in [4.78, 5) is 22.5. The van der Waals surface area contributed by atoms with Gasteiger partial charge in [-0.15, -0.1) is 11.8 Å². The van der Waals surface area contributed by atoms with Crippen LogP contribution in [0.3, 0.4) is 0 Å². The van der Waals surface area contributed by atoms with Crippen molar-refractivity contribution >= 4 is 29.5 Å². The van der Waals surface area contributed by atoms with E-state index in [0.717, 1.165) is 0 Å². The highest BCUT2D eigenvalue weighted by Crippen LogP contribution is 2.09. The second-order valence-electron chi connectivity index (χ2n) is 3.48. The number of amides is 1. The first-order chi connectivity index (χ1) is 8.61. The average Bonchev–Trinajstić information content (AvgIpc) is 2.70. The van der Waals surface area contributed by atoms with Crippen molar-refractivity contribution in [3.05, 3.63) is 11.8 Å². The van der Waals surface area contributed by atoms with Gasteiger partial charge in [-0.1, -0.05) is 5.16 Å². The van der Waals surface area contributed by atoms with Crippen LogP contribution in [-0.4, -0.2) is 35.1 Å². The summed E-state index contributed by atoms with van der Waals surface area (Å²) < 4.78 is 9.58. The van der Waals surface area contributed by atoms with E-state index >= 15 is 0 Å². The molecule has 0 saturated carbocycles. The van der Waals surface area contributed by atoms with Gasteiger partial charge in [-0.2, -0.15) is 0 Å². The van der Waals surface area contributed by atoms with Crippen LogP contribution in [0.1, 0.15) is 19.1 Å². The smallest absolute Gasteiger partial charge is 0.315 e. The maximum atomic E-state index is 11.5. The normalized spacial score (nSPS) is 10.1. The molecule has 0 spiro atoms. The first-order valence-electron chi connectivity index (χ1n) is 5.58. The number of carbonyl (C=O) groups excluding carboxylic acids is 2. The summed E-state index contributed by atoms with van der Waals surface area (Å²) in [5.74, 6) is 1.47. The van der Waals surface area contributed by atoms with Crippen molar-refractivity contribution in [2.45, 2.75) is 20.3 Å². The number of hydrogen-bond acceptors (Lipinski definition) is 6. The molecule has 0 aliphatic carbocycles. The third kappa shape index (κ3) is 5.72. The Labute approximate surface area is 109 Å². The fraction of sp³-hybridized carbons (Fsp3) is 0.545. The molecular weight excluding hydrogens is 256 g/mol. The minimum atomic E-state index is -0.255. The Morgan fingerprint density at radius 1 is 1.56 bits per heavy atom. The fourth-order valence-electron chi connectivity index (χ4n) is 1.15. The Bertz CT molecular complexity index is 406. The topological polar surface area (TPSA) is 81.4 Å². The number of anilines is 1. The predicted octanol–water partition coefficient (Wildman–Crippen LogP) is 1.61. The summed E-state index contributed by atoms with van der Waals surface area (Å²) in [6.45, 7) is 3.89. The van der Waals surface area contributed by atoms with Gasteiger partial charge in [0.05, 0.1) is 12.4 Å². The number of hydrogen-bond donors (Lipinski definition) is 1. The van der Waals surface area contributed by atoms with Gasteiger partial charge in [-0.05, 0) is 13.8 Å². The number of aromatic nitrogens is 1. The summed E-state index contributed by atoms with van der Waals surface area (Å²) in [5, 5.41) is 6.25. The molecule has 100 valence electrons. The molecule has 0 atom stereocenters. The van der Waals surface area contributed by atoms with Crippen molar-refractivity contribution < 1.29 is 18.8 Å². The number of nitrogens with zero attached hydrogens (tertiary/aromatic N) is 1. The Kier molecular flexibility index (Phi) is 6.27. The highest BCUT2D eigenvalue weighted by Gasteiger charge is 2.07. The van der Waals surface area contributed by atoms with Crippen molar-refractivity contribution in [2.24, 2.45) is 0 Å². The van der Waals surface area contributed by atoms with Gasteiger partial charge in [0.2, 0.25) is 5.91 Å². The van der Waals surface area contributed by atoms with Crippen molar-refractivity contribution in [3.63, 3.8) is 0 Å². The van der Waals surface area contributed by atoms with E-state index in [9.17, 15) is 9.59 Å². The molecule has 0 aromatic carbocycles. The van der Waals surface area contributed by atoms with Gasteiger partial charge in [-0.3, -0.25) is 9.59 Å². The highest BCUT2D eigenvalue weighted by atomic mass is 32.2. The Balaban J connectivity index is 2.12. The third-order valence-electron chi connectivity index (χ3n) is 1.89. The van der Waals surface area contributed by atoms with Crippen molar-refractivity contribution in [1.82, 2.24) is 5.16 Å². The minimum absolute atomic E-state index is 0.153. The molecule has 18 heavy (non-hydrogen) atoms. The zero-order valence-electron chi connectivity index (χ0n) is 10.4. The van der Waals surface area contributed by atoms with Crippen molar-refractivity contribution in [3.8, 4) is 0 Å². The summed E-state index contributed by atoms with van der Waals surface area (Å²) in [5.41, 5.74) is 0. The number of aryl methyl sites for hydroxylation is 1. The monoisotopic (exact) mass is 272 g/mol. The lowest BCUT2D eigenvalue weighted by molar-refractivity contribution is -0.139. The molecule has 0 aliphatic rings. The van der Waals surface area contributed by atoms with E-state index < -0.39 is 0 Å². The first-order valence-corrected chi connectivity index (χ1v) is 6.73. The minimum Gasteiger partial charge on any atom is -0.465 e. The van der Waals surface area contributed by atoms with Gasteiger partial charge in [0, 0.05) is 18.2 Å². The van der Waals surface area contributed by atoms with Gasteiger partial charge < -0.3 is 14.6 Å². The number of esters is 1. The van der Waals surface area contributed by atoms with Crippen LogP contribution in [0.25, 0.3) is 0 Å². The van der Waals surface area contributed by atoms with Crippen LogP contribution in [0.15, 0.2) is 10.6 Å². The van der Waals surface area contributed by atoms with Crippen LogP contribution < -0.4 is 5.32 Å². The van der Waals surface area contributed by atoms with E-state index in [4.69, 9.17) is 9.26 Å². The second-order valence-corrected chi connectivity index (χ2v) is 4.58. The van der Waals surface area contributed by atoms with E-state index in [0.29, 0.717) is 30.4 Å². The zero-order valence-corrected chi connectivity index (χ0v) is 11.2. The van der Waals surface area contributed by atoms with Crippen molar-refractivity contribution in [2.75, 3.05) is 23.4 Å². The van der Waals surface area contributed by atoms with E-state index in [-0.39, 0.29) is 17.6 Å². The predicted molar refractivity (Wildman–Crippen MR) is 68.4 cm³/mol. The number of nitrogens with one attached hydrogen (secondary N) is 1. The standard InChI is InChI=1S/C11H16N2O4S/c1-3-16-11(15)7-18-5-4-10(14)12-9-6-8(2)17-13-9/h6H,3-5,7H2,1-2H3,(H,12,13,14). The largest absolute Gasteiger partial charge is 0.465 e. The molecule has 1 rings (SSSR count). The summed E-state index contributed by atoms with van der Waals surface area (Å²) >= 11 is 1.37. The molecule has 1 aromatic rings. The molecule has 0 saturated heterocycles. The summed E-state index contributed by atoms with van der Waals surface area (Å²) in [6.07, 6.45) is 0.315. The third-order valence-corrected chi connectivity index (χ3v) is 2.83. The van der Waals surface area contributed by atoms with E-state index in [1.165, 1.54) is 11.8 Å². The van der Waals surface area contributed by atoms with Gasteiger partial charge in [0.15, 0.2) is 5.82 Å². The van der Waals surface area contributed by atoms with Gasteiger partial charge >= 0.3 is 5.97 Å². The Morgan fingerprint density at radius 3 is 2.94 bits per heavy atom. The second kappa shape index (κ2) is 7.75. The molecule has 1 amide bonds. The van der Waals surface area contributed by atoms with Gasteiger partial charge in [0.25, 0.3) is 0 Å². The molecule has 0 bridgehead atoms. The van der Waals surface area contributed by atoms with Crippen LogP contribution in [0, 0.1) is 6.92 Å². The van der Waals surface area contributed by atoms with Crippen LogP contribution in [0.5, 0.6) is 0 Å². The fourth-order valence-corrected chi connectivity index (χ4v) is 1.88. The molecule has 0 aliphatic heterocycles. The SMILES string of the molecule is CCOC(=O)CSCCC(=O)Nc1cc(C)on1. The Hall–Kier alpha value is -1.50. The average molecular weight is 272 g/mol. The molecular formula is C11H16N2O4S. The van der Waals surface area contributed by atoms with Crippen LogP contribution in [0.4, 0.5) is 5.82 Å². The van der Waals surface area contributed by atoms with Crippen LogP contribution in [0.2, 0.25) is 0 Å². The molecule has 0 radical (unpaired) electrons. The highest BCUT2D eigenvalue weighted by molar-refractivity contribution is 7.99. The number of ether oxygens (including phenoxy) is 1. The number of rotatable bonds is 7. The summed E-state index contributed by atoms with van der Waals surface area (Å²) in [7, 11) is 0. The molecule has 1 heterocycles. The van der Waals surface area contributed by atoms with Crippen molar-refractivity contribution in [1.29, 1.82) is 0 Å². The molecule has 0 fully saturated rings. The van der Waals surface area contributed by atoms with Crippen LogP contribution >= 0.6 is 11.8 Å². The molecule has 7 heteroatoms. The van der Waals surface area contributed by atoms with E-state index in [2.05, 4.69) is 10.5 Å². The number of thioether (sulfide) groups is 1. The van der Waals surface area contributed by atoms with E-state index in [1.807, 2.05) is 0 Å². The lowest BCUT2D eigenvalue weighted by atomic mass is 10.4. The number of carbonyl (C=O) groups is 2. The lowest BCUT2D eigenvalue weighted by Crippen LogP contribution is -2.13. The van der Waals surface area contributed by atoms with Gasteiger partial charge in [0.1, 0.15) is 5.76 Å². The maximum absolute atomic E-state index is 11.5. The zero-order chi connectivity index (χ0) is 13.4. The molecule has 1 aromatic heterocycles. The molecule has 6 nitrogen and oxygen atoms in total. The Morgan fingerprint density at radius 2 is 2.33 bits per heavy atom. The maximum Gasteiger partial charge on any atom is 0.315 e. The van der Waals surface area contributed by atoms with Crippen LogP contribution in [-0.2, 0) is 14.3 Å².